The minimum atomic E-state index is -4.36. The molecule has 1 aliphatic heterocycles. The molecule has 1 saturated heterocycles. The highest BCUT2D eigenvalue weighted by atomic mass is 35.5. The quantitative estimate of drug-likeness (QED) is 0.689. The second-order valence-corrected chi connectivity index (χ2v) is 9.65. The molecule has 0 bridgehead atoms. The fraction of sp³-hybridized carbons (Fsp3) is 0.350. The van der Waals surface area contributed by atoms with Gasteiger partial charge >= 0.3 is 0 Å². The zero-order chi connectivity index (χ0) is 21.9. The first kappa shape index (κ1) is 22.5. The van der Waals surface area contributed by atoms with Crippen molar-refractivity contribution in [1.29, 1.82) is 0 Å². The van der Waals surface area contributed by atoms with Gasteiger partial charge in [0.05, 0.1) is 6.61 Å². The van der Waals surface area contributed by atoms with Crippen LogP contribution >= 0.6 is 11.6 Å². The SMILES string of the molecule is NC(=O)CC1(COc2ccc(Cl)cc2)CCN(S(=O)(=O)c2c(F)cccc2F)CC1. The number of nitrogens with two attached hydrogens (primary N) is 1. The fourth-order valence-electron chi connectivity index (χ4n) is 3.57. The molecule has 0 spiro atoms. The van der Waals surface area contributed by atoms with Crippen LogP contribution in [0.25, 0.3) is 0 Å². The maximum absolute atomic E-state index is 14.0. The molecule has 0 atom stereocenters. The number of nitrogens with zero attached hydrogens (tertiary/aromatic N) is 1. The second-order valence-electron chi connectivity index (χ2n) is 7.34. The van der Waals surface area contributed by atoms with E-state index in [1.54, 1.807) is 24.3 Å². The maximum Gasteiger partial charge on any atom is 0.248 e. The zero-order valence-electron chi connectivity index (χ0n) is 16.0. The van der Waals surface area contributed by atoms with Gasteiger partial charge in [0.25, 0.3) is 0 Å². The molecule has 1 amide bonds. The van der Waals surface area contributed by atoms with Gasteiger partial charge in [-0.05, 0) is 49.2 Å². The maximum atomic E-state index is 14.0. The number of amides is 1. The van der Waals surface area contributed by atoms with E-state index in [-0.39, 0.29) is 39.0 Å². The summed E-state index contributed by atoms with van der Waals surface area (Å²) in [7, 11) is -4.36. The molecule has 1 aliphatic rings. The molecular weight excluding hydrogens is 438 g/mol. The summed E-state index contributed by atoms with van der Waals surface area (Å²) >= 11 is 5.86. The number of hydrogen-bond acceptors (Lipinski definition) is 4. The largest absolute Gasteiger partial charge is 0.493 e. The third-order valence-corrected chi connectivity index (χ3v) is 7.41. The lowest BCUT2D eigenvalue weighted by molar-refractivity contribution is -0.121. The van der Waals surface area contributed by atoms with Crippen molar-refractivity contribution >= 4 is 27.5 Å². The van der Waals surface area contributed by atoms with Gasteiger partial charge in [0.2, 0.25) is 15.9 Å². The molecule has 2 aromatic rings. The van der Waals surface area contributed by atoms with E-state index in [1.807, 2.05) is 0 Å². The predicted octanol–water partition coefficient (Wildman–Crippen LogP) is 3.34. The summed E-state index contributed by atoms with van der Waals surface area (Å²) in [6.07, 6.45) is 0.500. The van der Waals surface area contributed by atoms with Crippen molar-refractivity contribution in [2.24, 2.45) is 11.1 Å². The molecule has 2 N–H and O–H groups in total. The number of sulfonamides is 1. The first-order valence-electron chi connectivity index (χ1n) is 9.24. The number of hydrogen-bond donors (Lipinski definition) is 1. The van der Waals surface area contributed by atoms with Crippen molar-refractivity contribution in [2.75, 3.05) is 19.7 Å². The molecule has 1 fully saturated rings. The number of rotatable bonds is 7. The Hall–Kier alpha value is -2.23. The summed E-state index contributed by atoms with van der Waals surface area (Å²) in [5, 5.41) is 0.549. The van der Waals surface area contributed by atoms with Crippen LogP contribution in [0.1, 0.15) is 19.3 Å². The Morgan fingerprint density at radius 2 is 1.67 bits per heavy atom. The molecule has 0 saturated carbocycles. The van der Waals surface area contributed by atoms with Crippen molar-refractivity contribution in [1.82, 2.24) is 4.31 Å². The van der Waals surface area contributed by atoms with Crippen LogP contribution in [0.2, 0.25) is 5.02 Å². The van der Waals surface area contributed by atoms with Gasteiger partial charge < -0.3 is 10.5 Å². The molecule has 1 heterocycles. The number of benzene rings is 2. The highest BCUT2D eigenvalue weighted by Crippen LogP contribution is 2.38. The molecule has 0 radical (unpaired) electrons. The van der Waals surface area contributed by atoms with Crippen LogP contribution in [0.3, 0.4) is 0 Å². The average molecular weight is 459 g/mol. The lowest BCUT2D eigenvalue weighted by Gasteiger charge is -2.40. The minimum absolute atomic E-state index is 0.00252. The Balaban J connectivity index is 1.76. The van der Waals surface area contributed by atoms with E-state index < -0.39 is 37.9 Å². The van der Waals surface area contributed by atoms with E-state index in [9.17, 15) is 22.0 Å². The zero-order valence-corrected chi connectivity index (χ0v) is 17.6. The number of halogens is 3. The van der Waals surface area contributed by atoms with E-state index in [4.69, 9.17) is 22.1 Å². The molecule has 3 rings (SSSR count). The van der Waals surface area contributed by atoms with Crippen LogP contribution in [0.15, 0.2) is 47.4 Å². The lowest BCUT2D eigenvalue weighted by Crippen LogP contribution is -2.47. The van der Waals surface area contributed by atoms with Gasteiger partial charge in [-0.15, -0.1) is 0 Å². The van der Waals surface area contributed by atoms with Crippen LogP contribution in [-0.4, -0.2) is 38.3 Å². The Kier molecular flexibility index (Phi) is 6.64. The summed E-state index contributed by atoms with van der Waals surface area (Å²) in [4.78, 5) is 10.7. The summed E-state index contributed by atoms with van der Waals surface area (Å²) in [5.41, 5.74) is 4.72. The summed E-state index contributed by atoms with van der Waals surface area (Å²) in [6.45, 7) is 0.0975. The van der Waals surface area contributed by atoms with Crippen LogP contribution in [0, 0.1) is 17.0 Å². The van der Waals surface area contributed by atoms with Crippen LogP contribution in [0.5, 0.6) is 5.75 Å². The van der Waals surface area contributed by atoms with Crippen molar-refractivity contribution < 1.29 is 26.7 Å². The van der Waals surface area contributed by atoms with Gasteiger partial charge in [0.1, 0.15) is 17.4 Å². The van der Waals surface area contributed by atoms with Gasteiger partial charge in [-0.2, -0.15) is 4.31 Å². The Labute approximate surface area is 178 Å². The van der Waals surface area contributed by atoms with E-state index >= 15 is 0 Å². The number of carbonyl (C=O) groups excluding carboxylic acids is 1. The van der Waals surface area contributed by atoms with E-state index in [0.29, 0.717) is 10.8 Å². The second kappa shape index (κ2) is 8.87. The third kappa shape index (κ3) is 4.91. The summed E-state index contributed by atoms with van der Waals surface area (Å²) in [5.74, 6) is -2.28. The molecule has 2 aromatic carbocycles. The number of primary amides is 1. The van der Waals surface area contributed by atoms with Gasteiger partial charge in [-0.3, -0.25) is 4.79 Å². The van der Waals surface area contributed by atoms with Gasteiger partial charge in [0.15, 0.2) is 4.90 Å². The number of carbonyl (C=O) groups is 1. The molecular formula is C20H21ClF2N2O4S. The van der Waals surface area contributed by atoms with Crippen molar-refractivity contribution in [3.8, 4) is 5.75 Å². The average Bonchev–Trinajstić information content (AvgIpc) is 2.67. The standard InChI is InChI=1S/C20H21ClF2N2O4S/c21-14-4-6-15(7-5-14)29-13-20(12-18(24)26)8-10-25(11-9-20)30(27,28)19-16(22)2-1-3-17(19)23/h1-7H,8-13H2,(H2,24,26). The molecule has 0 unspecified atom stereocenters. The summed E-state index contributed by atoms with van der Waals surface area (Å²) in [6, 6.07) is 9.59. The first-order chi connectivity index (χ1) is 14.1. The van der Waals surface area contributed by atoms with E-state index in [0.717, 1.165) is 22.5 Å². The Morgan fingerprint density at radius 1 is 1.10 bits per heavy atom. The first-order valence-corrected chi connectivity index (χ1v) is 11.1. The molecule has 162 valence electrons. The fourth-order valence-corrected chi connectivity index (χ4v) is 5.24. The van der Waals surface area contributed by atoms with E-state index in [1.165, 1.54) is 0 Å². The van der Waals surface area contributed by atoms with Gasteiger partial charge in [-0.1, -0.05) is 17.7 Å². The van der Waals surface area contributed by atoms with Crippen LogP contribution in [-0.2, 0) is 14.8 Å². The Bertz CT molecular complexity index is 1000. The molecule has 0 aromatic heterocycles. The molecule has 0 aliphatic carbocycles. The molecule has 30 heavy (non-hydrogen) atoms. The topological polar surface area (TPSA) is 89.7 Å². The third-order valence-electron chi connectivity index (χ3n) is 5.21. The number of piperidine rings is 1. The van der Waals surface area contributed by atoms with Crippen molar-refractivity contribution in [2.45, 2.75) is 24.2 Å². The van der Waals surface area contributed by atoms with Gasteiger partial charge in [0, 0.05) is 29.9 Å². The van der Waals surface area contributed by atoms with E-state index in [2.05, 4.69) is 0 Å². The lowest BCUT2D eigenvalue weighted by atomic mass is 9.76. The van der Waals surface area contributed by atoms with Gasteiger partial charge in [-0.25, -0.2) is 17.2 Å². The smallest absolute Gasteiger partial charge is 0.248 e. The Morgan fingerprint density at radius 3 is 2.20 bits per heavy atom. The van der Waals surface area contributed by atoms with Crippen LogP contribution < -0.4 is 10.5 Å². The molecule has 6 nitrogen and oxygen atoms in total. The minimum Gasteiger partial charge on any atom is -0.493 e. The van der Waals surface area contributed by atoms with Crippen molar-refractivity contribution in [3.05, 3.63) is 59.1 Å². The number of ether oxygens (including phenoxy) is 1. The predicted molar refractivity (Wildman–Crippen MR) is 108 cm³/mol. The normalized spacial score (nSPS) is 16.9. The molecule has 10 heteroatoms. The highest BCUT2D eigenvalue weighted by molar-refractivity contribution is 7.89. The highest BCUT2D eigenvalue weighted by Gasteiger charge is 2.41. The summed E-state index contributed by atoms with van der Waals surface area (Å²) < 4.78 is 60.4. The van der Waals surface area contributed by atoms with Crippen LogP contribution in [0.4, 0.5) is 8.78 Å². The van der Waals surface area contributed by atoms with Crippen molar-refractivity contribution in [3.63, 3.8) is 0 Å². The monoisotopic (exact) mass is 458 g/mol.